The Balaban J connectivity index is 1.53. The Bertz CT molecular complexity index is 741. The molecule has 2 saturated carbocycles. The number of fused-ring (bicyclic) bond motifs is 1. The zero-order valence-electron chi connectivity index (χ0n) is 13.6. The molecule has 0 unspecified atom stereocenters. The molecule has 1 aromatic heterocycles. The van der Waals surface area contributed by atoms with Gasteiger partial charge in [-0.3, -0.25) is 14.3 Å². The van der Waals surface area contributed by atoms with E-state index in [1.807, 2.05) is 0 Å². The molecule has 4 rings (SSSR count). The largest absolute Gasteiger partial charge is 0.368 e. The third-order valence-corrected chi connectivity index (χ3v) is 5.79. The molecule has 0 saturated heterocycles. The summed E-state index contributed by atoms with van der Waals surface area (Å²) in [5.74, 6) is -1.40. The monoisotopic (exact) mass is 339 g/mol. The summed E-state index contributed by atoms with van der Waals surface area (Å²) in [5.41, 5.74) is 0.0726. The van der Waals surface area contributed by atoms with Crippen LogP contribution in [0.5, 0.6) is 0 Å². The maximum absolute atomic E-state index is 13.3. The van der Waals surface area contributed by atoms with Gasteiger partial charge in [0.1, 0.15) is 5.82 Å². The highest BCUT2D eigenvalue weighted by molar-refractivity contribution is 5.46. The Morgan fingerprint density at radius 1 is 1.08 bits per heavy atom. The van der Waals surface area contributed by atoms with Crippen LogP contribution in [0, 0.1) is 11.8 Å². The van der Waals surface area contributed by atoms with E-state index in [9.17, 15) is 18.4 Å². The first-order valence-electron chi connectivity index (χ1n) is 8.93. The van der Waals surface area contributed by atoms with Crippen LogP contribution in [0.4, 0.5) is 14.6 Å². The molecule has 0 amide bonds. The number of nitrogens with zero attached hydrogens (tertiary/aromatic N) is 1. The lowest BCUT2D eigenvalue weighted by Crippen LogP contribution is -2.44. The number of halogens is 2. The van der Waals surface area contributed by atoms with Crippen molar-refractivity contribution in [2.24, 2.45) is 11.8 Å². The van der Waals surface area contributed by atoms with Crippen LogP contribution in [0.25, 0.3) is 0 Å². The molecule has 2 heterocycles. The van der Waals surface area contributed by atoms with Crippen molar-refractivity contribution < 1.29 is 8.78 Å². The lowest BCUT2D eigenvalue weighted by molar-refractivity contribution is -0.0478. The van der Waals surface area contributed by atoms with Crippen LogP contribution in [0.1, 0.15) is 50.5 Å². The molecule has 5 nitrogen and oxygen atoms in total. The second-order valence-electron chi connectivity index (χ2n) is 7.63. The van der Waals surface area contributed by atoms with Crippen molar-refractivity contribution in [2.45, 2.75) is 69.9 Å². The van der Waals surface area contributed by atoms with Crippen LogP contribution in [-0.4, -0.2) is 21.5 Å². The Labute approximate surface area is 138 Å². The lowest BCUT2D eigenvalue weighted by Gasteiger charge is -2.37. The third kappa shape index (κ3) is 3.00. The third-order valence-electron chi connectivity index (χ3n) is 5.79. The minimum atomic E-state index is -2.53. The molecular weight excluding hydrogens is 316 g/mol. The number of rotatable bonds is 3. The first kappa shape index (κ1) is 15.8. The Kier molecular flexibility index (Phi) is 3.77. The van der Waals surface area contributed by atoms with Crippen molar-refractivity contribution in [1.82, 2.24) is 9.55 Å². The second kappa shape index (κ2) is 5.70. The van der Waals surface area contributed by atoms with Crippen molar-refractivity contribution in [1.29, 1.82) is 0 Å². The molecule has 0 radical (unpaired) electrons. The highest BCUT2D eigenvalue weighted by atomic mass is 19.3. The Hall–Kier alpha value is -1.66. The number of nitrogens with one attached hydrogen (secondary N) is 2. The summed E-state index contributed by atoms with van der Waals surface area (Å²) in [7, 11) is 0. The molecule has 2 aliphatic carbocycles. The molecule has 0 aromatic carbocycles. The van der Waals surface area contributed by atoms with Gasteiger partial charge in [-0.1, -0.05) is 0 Å². The van der Waals surface area contributed by atoms with Crippen LogP contribution >= 0.6 is 0 Å². The van der Waals surface area contributed by atoms with Crippen LogP contribution < -0.4 is 16.6 Å². The highest BCUT2D eigenvalue weighted by Crippen LogP contribution is 2.39. The van der Waals surface area contributed by atoms with Gasteiger partial charge in [0.15, 0.2) is 0 Å². The molecule has 3 aliphatic rings. The SMILES string of the molecule is O=c1[nH]c2c(c(=O)n1CC1CC1)CC[C@H](C1CCC(F)(F)CC1)N2. The average Bonchev–Trinajstić information content (AvgIpc) is 3.35. The Morgan fingerprint density at radius 3 is 2.46 bits per heavy atom. The fourth-order valence-electron chi connectivity index (χ4n) is 4.07. The second-order valence-corrected chi connectivity index (χ2v) is 7.63. The van der Waals surface area contributed by atoms with E-state index in [1.54, 1.807) is 0 Å². The maximum Gasteiger partial charge on any atom is 0.329 e. The van der Waals surface area contributed by atoms with Gasteiger partial charge in [-0.25, -0.2) is 13.6 Å². The maximum atomic E-state index is 13.3. The van der Waals surface area contributed by atoms with Crippen molar-refractivity contribution >= 4 is 5.82 Å². The van der Waals surface area contributed by atoms with Gasteiger partial charge in [0, 0.05) is 25.4 Å². The zero-order chi connectivity index (χ0) is 16.9. The summed E-state index contributed by atoms with van der Waals surface area (Å²) < 4.78 is 28.0. The van der Waals surface area contributed by atoms with Crippen molar-refractivity contribution in [3.05, 3.63) is 26.4 Å². The topological polar surface area (TPSA) is 66.9 Å². The minimum absolute atomic E-state index is 0.0583. The van der Waals surface area contributed by atoms with Gasteiger partial charge in [-0.15, -0.1) is 0 Å². The molecule has 1 aromatic rings. The molecule has 132 valence electrons. The van der Waals surface area contributed by atoms with E-state index in [0.29, 0.717) is 43.1 Å². The Morgan fingerprint density at radius 2 is 1.79 bits per heavy atom. The fourth-order valence-corrected chi connectivity index (χ4v) is 4.07. The number of anilines is 1. The van der Waals surface area contributed by atoms with Gasteiger partial charge < -0.3 is 5.32 Å². The number of aromatic nitrogens is 2. The van der Waals surface area contributed by atoms with Crippen molar-refractivity contribution in [3.63, 3.8) is 0 Å². The van der Waals surface area contributed by atoms with Gasteiger partial charge in [-0.2, -0.15) is 0 Å². The van der Waals surface area contributed by atoms with E-state index >= 15 is 0 Å². The van der Waals surface area contributed by atoms with E-state index < -0.39 is 5.92 Å². The molecule has 0 bridgehead atoms. The highest BCUT2D eigenvalue weighted by Gasteiger charge is 2.39. The number of alkyl halides is 2. The first-order chi connectivity index (χ1) is 11.4. The fraction of sp³-hybridized carbons (Fsp3) is 0.765. The van der Waals surface area contributed by atoms with Crippen molar-refractivity contribution in [3.8, 4) is 0 Å². The van der Waals surface area contributed by atoms with Gasteiger partial charge >= 0.3 is 5.69 Å². The van der Waals surface area contributed by atoms with E-state index in [2.05, 4.69) is 10.3 Å². The van der Waals surface area contributed by atoms with Crippen LogP contribution in [0.3, 0.4) is 0 Å². The van der Waals surface area contributed by atoms with Gasteiger partial charge in [0.05, 0.1) is 5.56 Å². The van der Waals surface area contributed by atoms with Crippen LogP contribution in [0.15, 0.2) is 9.59 Å². The van der Waals surface area contributed by atoms with E-state index in [-0.39, 0.29) is 36.1 Å². The van der Waals surface area contributed by atoms with Crippen LogP contribution in [0.2, 0.25) is 0 Å². The summed E-state index contributed by atoms with van der Waals surface area (Å²) in [5, 5.41) is 3.26. The first-order valence-corrected chi connectivity index (χ1v) is 8.93. The number of hydrogen-bond donors (Lipinski definition) is 2. The number of aromatic amines is 1. The molecule has 7 heteroatoms. The van der Waals surface area contributed by atoms with Gasteiger partial charge in [0.2, 0.25) is 5.92 Å². The average molecular weight is 339 g/mol. The summed E-state index contributed by atoms with van der Waals surface area (Å²) in [4.78, 5) is 27.6. The molecular formula is C17H23F2N3O2. The van der Waals surface area contributed by atoms with Gasteiger partial charge in [-0.05, 0) is 50.4 Å². The predicted octanol–water partition coefficient (Wildman–Crippen LogP) is 2.50. The van der Waals surface area contributed by atoms with Crippen molar-refractivity contribution in [2.75, 3.05) is 5.32 Å². The predicted molar refractivity (Wildman–Crippen MR) is 86.7 cm³/mol. The molecule has 1 atom stereocenters. The molecule has 0 spiro atoms. The molecule has 1 aliphatic heterocycles. The van der Waals surface area contributed by atoms with E-state index in [4.69, 9.17) is 0 Å². The minimum Gasteiger partial charge on any atom is -0.368 e. The number of H-pyrrole nitrogens is 1. The smallest absolute Gasteiger partial charge is 0.329 e. The van der Waals surface area contributed by atoms with E-state index in [1.165, 1.54) is 4.57 Å². The lowest BCUT2D eigenvalue weighted by atomic mass is 9.79. The zero-order valence-corrected chi connectivity index (χ0v) is 13.6. The van der Waals surface area contributed by atoms with Gasteiger partial charge in [0.25, 0.3) is 5.56 Å². The molecule has 2 N–H and O–H groups in total. The standard InChI is InChI=1S/C17H23F2N3O2/c18-17(19)7-5-11(6-8-17)13-4-3-12-14(20-13)21-16(24)22(15(12)23)9-10-1-2-10/h10-11,13,20H,1-9H2,(H,21,24)/t13-/m1/s1. The number of hydrogen-bond acceptors (Lipinski definition) is 3. The molecule has 24 heavy (non-hydrogen) atoms. The normalized spacial score (nSPS) is 26.7. The summed E-state index contributed by atoms with van der Waals surface area (Å²) in [6.07, 6.45) is 4.36. The van der Waals surface area contributed by atoms with Crippen LogP contribution in [-0.2, 0) is 13.0 Å². The summed E-state index contributed by atoms with van der Waals surface area (Å²) >= 11 is 0. The van der Waals surface area contributed by atoms with E-state index in [0.717, 1.165) is 19.3 Å². The molecule has 2 fully saturated rings. The summed E-state index contributed by atoms with van der Waals surface area (Å²) in [6.45, 7) is 0.503. The quantitative estimate of drug-likeness (QED) is 0.889. The summed E-state index contributed by atoms with van der Waals surface area (Å²) in [6, 6.07) is 0.0583.